The van der Waals surface area contributed by atoms with Crippen LogP contribution in [0.5, 0.6) is 0 Å². The Morgan fingerprint density at radius 2 is 2.09 bits per heavy atom. The average Bonchev–Trinajstić information content (AvgIpc) is 3.24. The first kappa shape index (κ1) is 16.1. The highest BCUT2D eigenvalue weighted by molar-refractivity contribution is 7.16. The third-order valence-electron chi connectivity index (χ3n) is 3.99. The molecular weight excluding hydrogens is 336 g/mol. The van der Waals surface area contributed by atoms with Gasteiger partial charge in [-0.15, -0.1) is 11.3 Å². The fourth-order valence-electron chi connectivity index (χ4n) is 2.68. The molecule has 0 atom stereocenters. The van der Waals surface area contributed by atoms with Crippen LogP contribution in [-0.2, 0) is 11.3 Å². The quantitative estimate of drug-likeness (QED) is 0.919. The number of hydrogen-bond donors (Lipinski definition) is 1. The van der Waals surface area contributed by atoms with Gasteiger partial charge in [0.05, 0.1) is 22.7 Å². The predicted octanol–water partition coefficient (Wildman–Crippen LogP) is 3.16. The fourth-order valence-corrected chi connectivity index (χ4v) is 3.71. The van der Waals surface area contributed by atoms with Crippen LogP contribution in [-0.4, -0.2) is 29.8 Å². The molecule has 0 aromatic carbocycles. The Morgan fingerprint density at radius 3 is 2.70 bits per heavy atom. The van der Waals surface area contributed by atoms with Gasteiger partial charge >= 0.3 is 0 Å². The van der Waals surface area contributed by atoms with Crippen molar-refractivity contribution in [1.29, 1.82) is 0 Å². The van der Waals surface area contributed by atoms with Crippen molar-refractivity contribution in [3.63, 3.8) is 0 Å². The van der Waals surface area contributed by atoms with Gasteiger partial charge in [0.25, 0.3) is 5.91 Å². The van der Waals surface area contributed by atoms with Crippen molar-refractivity contribution >= 4 is 34.8 Å². The lowest BCUT2D eigenvalue weighted by atomic mass is 9.95. The Kier molecular flexibility index (Phi) is 5.03. The molecular formula is C16H17ClN2O3S. The van der Waals surface area contributed by atoms with Crippen LogP contribution in [0.4, 0.5) is 0 Å². The van der Waals surface area contributed by atoms with Gasteiger partial charge in [-0.3, -0.25) is 9.59 Å². The zero-order chi connectivity index (χ0) is 16.2. The molecule has 0 bridgehead atoms. The third-order valence-corrected chi connectivity index (χ3v) is 5.22. The molecule has 1 N–H and O–H groups in total. The number of carbonyl (C=O) groups excluding carboxylic acids is 2. The largest absolute Gasteiger partial charge is 0.472 e. The fraction of sp³-hybridized carbons (Fsp3) is 0.375. The van der Waals surface area contributed by atoms with Crippen molar-refractivity contribution < 1.29 is 14.0 Å². The van der Waals surface area contributed by atoms with E-state index in [2.05, 4.69) is 5.32 Å². The highest BCUT2D eigenvalue weighted by Gasteiger charge is 2.28. The van der Waals surface area contributed by atoms with Crippen molar-refractivity contribution in [2.75, 3.05) is 13.1 Å². The normalized spacial score (nSPS) is 15.6. The molecule has 5 nitrogen and oxygen atoms in total. The second-order valence-electron chi connectivity index (χ2n) is 5.50. The van der Waals surface area contributed by atoms with Crippen molar-refractivity contribution in [2.45, 2.75) is 19.4 Å². The van der Waals surface area contributed by atoms with Gasteiger partial charge < -0.3 is 14.6 Å². The smallest absolute Gasteiger partial charge is 0.257 e. The van der Waals surface area contributed by atoms with E-state index in [9.17, 15) is 9.59 Å². The molecule has 1 aliphatic heterocycles. The minimum atomic E-state index is -0.0427. The molecule has 0 unspecified atom stereocenters. The summed E-state index contributed by atoms with van der Waals surface area (Å²) in [7, 11) is 0. The van der Waals surface area contributed by atoms with E-state index < -0.39 is 0 Å². The maximum absolute atomic E-state index is 12.2. The number of hydrogen-bond acceptors (Lipinski definition) is 4. The van der Waals surface area contributed by atoms with E-state index in [1.54, 1.807) is 11.0 Å². The number of nitrogens with zero attached hydrogens (tertiary/aromatic N) is 1. The molecule has 7 heteroatoms. The summed E-state index contributed by atoms with van der Waals surface area (Å²) < 4.78 is 5.66. The zero-order valence-electron chi connectivity index (χ0n) is 12.5. The third kappa shape index (κ3) is 3.95. The summed E-state index contributed by atoms with van der Waals surface area (Å²) in [5.74, 6) is -0.0328. The van der Waals surface area contributed by atoms with Crippen LogP contribution < -0.4 is 5.32 Å². The summed E-state index contributed by atoms with van der Waals surface area (Å²) in [4.78, 5) is 27.2. The van der Waals surface area contributed by atoms with Gasteiger partial charge in [-0.25, -0.2) is 0 Å². The summed E-state index contributed by atoms with van der Waals surface area (Å²) in [6.45, 7) is 1.68. The van der Waals surface area contributed by atoms with Crippen LogP contribution in [0.25, 0.3) is 0 Å². The van der Waals surface area contributed by atoms with Gasteiger partial charge in [0, 0.05) is 23.9 Å². The van der Waals surface area contributed by atoms with Crippen LogP contribution in [0.2, 0.25) is 4.34 Å². The first-order valence-electron chi connectivity index (χ1n) is 7.47. The van der Waals surface area contributed by atoms with E-state index in [1.165, 1.54) is 23.9 Å². The minimum absolute atomic E-state index is 0.0363. The molecule has 0 spiro atoms. The lowest BCUT2D eigenvalue weighted by Gasteiger charge is -2.31. The van der Waals surface area contributed by atoms with E-state index in [1.807, 2.05) is 12.1 Å². The van der Waals surface area contributed by atoms with Crippen molar-refractivity contribution in [1.82, 2.24) is 10.2 Å². The van der Waals surface area contributed by atoms with E-state index >= 15 is 0 Å². The van der Waals surface area contributed by atoms with Gasteiger partial charge in [0.15, 0.2) is 0 Å². The van der Waals surface area contributed by atoms with E-state index in [0.717, 1.165) is 9.21 Å². The Morgan fingerprint density at radius 1 is 1.30 bits per heavy atom. The lowest BCUT2D eigenvalue weighted by Crippen LogP contribution is -2.42. The molecule has 3 heterocycles. The summed E-state index contributed by atoms with van der Waals surface area (Å²) in [5.41, 5.74) is 0.558. The molecule has 1 fully saturated rings. The molecule has 0 radical (unpaired) electrons. The summed E-state index contributed by atoms with van der Waals surface area (Å²) in [6, 6.07) is 5.40. The molecule has 23 heavy (non-hydrogen) atoms. The molecule has 0 saturated carbocycles. The van der Waals surface area contributed by atoms with Crippen LogP contribution in [0.15, 0.2) is 35.1 Å². The van der Waals surface area contributed by atoms with Gasteiger partial charge in [-0.2, -0.15) is 0 Å². The standard InChI is InChI=1S/C16H17ClN2O3S/c17-14-2-1-13(23-14)9-18-15(20)11-3-6-19(7-4-11)16(21)12-5-8-22-10-12/h1-2,5,8,10-11H,3-4,6-7,9H2,(H,18,20). The maximum Gasteiger partial charge on any atom is 0.257 e. The first-order chi connectivity index (χ1) is 11.1. The van der Waals surface area contributed by atoms with Crippen LogP contribution in [0.1, 0.15) is 28.1 Å². The van der Waals surface area contributed by atoms with Gasteiger partial charge in [0.1, 0.15) is 6.26 Å². The molecule has 1 aliphatic rings. The molecule has 3 rings (SSSR count). The number of carbonyl (C=O) groups is 2. The Bertz CT molecular complexity index is 675. The van der Waals surface area contributed by atoms with Crippen molar-refractivity contribution in [3.8, 4) is 0 Å². The van der Waals surface area contributed by atoms with Gasteiger partial charge in [0.2, 0.25) is 5.91 Å². The molecule has 0 aliphatic carbocycles. The Balaban J connectivity index is 1.46. The first-order valence-corrected chi connectivity index (χ1v) is 8.66. The SMILES string of the molecule is O=C(NCc1ccc(Cl)s1)C1CCN(C(=O)c2ccoc2)CC1. The second kappa shape index (κ2) is 7.19. The number of piperidine rings is 1. The van der Waals surface area contributed by atoms with Crippen LogP contribution >= 0.6 is 22.9 Å². The summed E-state index contributed by atoms with van der Waals surface area (Å²) in [6.07, 6.45) is 4.30. The van der Waals surface area contributed by atoms with E-state index in [-0.39, 0.29) is 17.7 Å². The Hall–Kier alpha value is -1.79. The molecule has 2 amide bonds. The summed E-state index contributed by atoms with van der Waals surface area (Å²) in [5, 5.41) is 2.95. The number of thiophene rings is 1. The van der Waals surface area contributed by atoms with Crippen molar-refractivity contribution in [2.24, 2.45) is 5.92 Å². The lowest BCUT2D eigenvalue weighted by molar-refractivity contribution is -0.126. The number of rotatable bonds is 4. The van der Waals surface area contributed by atoms with E-state index in [4.69, 9.17) is 16.0 Å². The molecule has 122 valence electrons. The number of amides is 2. The zero-order valence-corrected chi connectivity index (χ0v) is 14.0. The predicted molar refractivity (Wildman–Crippen MR) is 88.5 cm³/mol. The highest BCUT2D eigenvalue weighted by atomic mass is 35.5. The van der Waals surface area contributed by atoms with Crippen LogP contribution in [0.3, 0.4) is 0 Å². The average molecular weight is 353 g/mol. The minimum Gasteiger partial charge on any atom is -0.472 e. The summed E-state index contributed by atoms with van der Waals surface area (Å²) >= 11 is 7.34. The number of halogens is 1. The maximum atomic E-state index is 12.2. The van der Waals surface area contributed by atoms with Crippen molar-refractivity contribution in [3.05, 3.63) is 45.5 Å². The molecule has 2 aromatic rings. The number of nitrogens with one attached hydrogen (secondary N) is 1. The second-order valence-corrected chi connectivity index (χ2v) is 7.30. The molecule has 1 saturated heterocycles. The van der Waals surface area contributed by atoms with Gasteiger partial charge in [-0.1, -0.05) is 11.6 Å². The van der Waals surface area contributed by atoms with E-state index in [0.29, 0.717) is 38.0 Å². The number of likely N-dealkylation sites (tertiary alicyclic amines) is 1. The van der Waals surface area contributed by atoms with Crippen LogP contribution in [0, 0.1) is 5.92 Å². The highest BCUT2D eigenvalue weighted by Crippen LogP contribution is 2.22. The topological polar surface area (TPSA) is 62.6 Å². The van der Waals surface area contributed by atoms with Gasteiger partial charge in [-0.05, 0) is 31.0 Å². The number of furan rings is 1. The monoisotopic (exact) mass is 352 g/mol. The Labute approximate surface area is 143 Å². The molecule has 2 aromatic heterocycles.